The number of esters is 1. The number of carbonyl (C=O) groups is 1. The molecule has 4 nitrogen and oxygen atoms in total. The molecule has 0 aliphatic heterocycles. The predicted octanol–water partition coefficient (Wildman–Crippen LogP) is 3.31. The Kier molecular flexibility index (Phi) is 3.22. The van der Waals surface area contributed by atoms with Gasteiger partial charge < -0.3 is 13.9 Å². The SMILES string of the molecule is COc1cc(C)ccc1OC(=O)C1CC1c1ccco1. The van der Waals surface area contributed by atoms with Crippen LogP contribution in [0.1, 0.15) is 23.7 Å². The molecule has 0 N–H and O–H groups in total. The van der Waals surface area contributed by atoms with Crippen LogP contribution in [0.5, 0.6) is 11.5 Å². The molecule has 1 aromatic carbocycles. The molecule has 2 unspecified atom stereocenters. The smallest absolute Gasteiger partial charge is 0.315 e. The van der Waals surface area contributed by atoms with Gasteiger partial charge in [0.1, 0.15) is 5.76 Å². The fraction of sp³-hybridized carbons (Fsp3) is 0.312. The average molecular weight is 272 g/mol. The van der Waals surface area contributed by atoms with E-state index < -0.39 is 0 Å². The lowest BCUT2D eigenvalue weighted by molar-refractivity contribution is -0.136. The Labute approximate surface area is 117 Å². The van der Waals surface area contributed by atoms with Gasteiger partial charge in [0, 0.05) is 5.92 Å². The second-order valence-corrected chi connectivity index (χ2v) is 5.04. The van der Waals surface area contributed by atoms with Crippen LogP contribution < -0.4 is 9.47 Å². The van der Waals surface area contributed by atoms with E-state index in [1.807, 2.05) is 31.2 Å². The number of carbonyl (C=O) groups excluding carboxylic acids is 1. The lowest BCUT2D eigenvalue weighted by Gasteiger charge is -2.09. The number of rotatable bonds is 4. The normalized spacial score (nSPS) is 20.5. The highest BCUT2D eigenvalue weighted by atomic mass is 16.6. The highest BCUT2D eigenvalue weighted by Gasteiger charge is 2.47. The first-order valence-corrected chi connectivity index (χ1v) is 6.59. The number of hydrogen-bond donors (Lipinski definition) is 0. The summed E-state index contributed by atoms with van der Waals surface area (Å²) in [4.78, 5) is 12.1. The summed E-state index contributed by atoms with van der Waals surface area (Å²) >= 11 is 0. The van der Waals surface area contributed by atoms with Gasteiger partial charge >= 0.3 is 5.97 Å². The summed E-state index contributed by atoms with van der Waals surface area (Å²) in [5.74, 6) is 1.69. The molecule has 2 aromatic rings. The van der Waals surface area contributed by atoms with Gasteiger partial charge in [0.15, 0.2) is 11.5 Å². The first kappa shape index (κ1) is 12.8. The quantitative estimate of drug-likeness (QED) is 0.633. The van der Waals surface area contributed by atoms with Gasteiger partial charge in [-0.25, -0.2) is 0 Å². The van der Waals surface area contributed by atoms with E-state index in [2.05, 4.69) is 0 Å². The van der Waals surface area contributed by atoms with Crippen LogP contribution in [0.3, 0.4) is 0 Å². The molecule has 3 rings (SSSR count). The van der Waals surface area contributed by atoms with Gasteiger partial charge in [0.25, 0.3) is 0 Å². The fourth-order valence-electron chi connectivity index (χ4n) is 2.32. The number of methoxy groups -OCH3 is 1. The van der Waals surface area contributed by atoms with Crippen molar-refractivity contribution in [2.45, 2.75) is 19.3 Å². The van der Waals surface area contributed by atoms with Gasteiger partial charge in [-0.1, -0.05) is 6.07 Å². The molecule has 0 amide bonds. The first-order valence-electron chi connectivity index (χ1n) is 6.59. The summed E-state index contributed by atoms with van der Waals surface area (Å²) in [5.41, 5.74) is 1.06. The van der Waals surface area contributed by atoms with Crippen molar-refractivity contribution in [3.05, 3.63) is 47.9 Å². The lowest BCUT2D eigenvalue weighted by atomic mass is 10.2. The molecule has 20 heavy (non-hydrogen) atoms. The second-order valence-electron chi connectivity index (χ2n) is 5.04. The number of benzene rings is 1. The van der Waals surface area contributed by atoms with E-state index in [0.717, 1.165) is 17.7 Å². The zero-order valence-electron chi connectivity index (χ0n) is 11.5. The third-order valence-corrected chi connectivity index (χ3v) is 3.53. The molecule has 2 atom stereocenters. The summed E-state index contributed by atoms with van der Waals surface area (Å²) in [7, 11) is 1.56. The van der Waals surface area contributed by atoms with Crippen LogP contribution in [0.25, 0.3) is 0 Å². The zero-order chi connectivity index (χ0) is 14.1. The highest BCUT2D eigenvalue weighted by molar-refractivity contribution is 5.80. The Hall–Kier alpha value is -2.23. The van der Waals surface area contributed by atoms with Crippen molar-refractivity contribution in [3.63, 3.8) is 0 Å². The number of ether oxygens (including phenoxy) is 2. The number of hydrogen-bond acceptors (Lipinski definition) is 4. The Bertz CT molecular complexity index is 615. The van der Waals surface area contributed by atoms with Gasteiger partial charge in [0.05, 0.1) is 19.3 Å². The Morgan fingerprint density at radius 3 is 2.85 bits per heavy atom. The summed E-state index contributed by atoms with van der Waals surface area (Å²) in [6.07, 6.45) is 2.40. The maximum atomic E-state index is 12.1. The van der Waals surface area contributed by atoms with Crippen LogP contribution >= 0.6 is 0 Å². The van der Waals surface area contributed by atoms with E-state index in [9.17, 15) is 4.79 Å². The second kappa shape index (κ2) is 5.04. The lowest BCUT2D eigenvalue weighted by Crippen LogP contribution is -2.12. The molecular formula is C16H16O4. The fourth-order valence-corrected chi connectivity index (χ4v) is 2.32. The summed E-state index contributed by atoms with van der Waals surface area (Å²) in [6, 6.07) is 9.22. The molecule has 1 heterocycles. The maximum Gasteiger partial charge on any atom is 0.315 e. The van der Waals surface area contributed by atoms with Crippen LogP contribution in [0, 0.1) is 12.8 Å². The molecule has 1 aliphatic rings. The Morgan fingerprint density at radius 1 is 1.30 bits per heavy atom. The largest absolute Gasteiger partial charge is 0.493 e. The van der Waals surface area contributed by atoms with E-state index in [4.69, 9.17) is 13.9 Å². The monoisotopic (exact) mass is 272 g/mol. The predicted molar refractivity (Wildman–Crippen MR) is 72.9 cm³/mol. The van der Waals surface area contributed by atoms with Crippen LogP contribution in [0.2, 0.25) is 0 Å². The van der Waals surface area contributed by atoms with Gasteiger partial charge in [-0.2, -0.15) is 0 Å². The highest BCUT2D eigenvalue weighted by Crippen LogP contribution is 2.48. The molecule has 1 saturated carbocycles. The van der Waals surface area contributed by atoms with Gasteiger partial charge in [-0.05, 0) is 43.2 Å². The molecule has 0 bridgehead atoms. The van der Waals surface area contributed by atoms with Crippen molar-refractivity contribution in [1.82, 2.24) is 0 Å². The molecule has 4 heteroatoms. The minimum absolute atomic E-state index is 0.118. The topological polar surface area (TPSA) is 48.7 Å². The zero-order valence-corrected chi connectivity index (χ0v) is 11.5. The molecule has 1 aromatic heterocycles. The number of aryl methyl sites for hydroxylation is 1. The molecule has 0 spiro atoms. The number of furan rings is 1. The minimum atomic E-state index is -0.228. The summed E-state index contributed by atoms with van der Waals surface area (Å²) < 4.78 is 16.0. The van der Waals surface area contributed by atoms with Crippen LogP contribution in [0.4, 0.5) is 0 Å². The van der Waals surface area contributed by atoms with E-state index in [1.54, 1.807) is 19.4 Å². The van der Waals surface area contributed by atoms with E-state index in [0.29, 0.717) is 11.5 Å². The van der Waals surface area contributed by atoms with E-state index in [1.165, 1.54) is 0 Å². The molecule has 1 fully saturated rings. The molecule has 1 aliphatic carbocycles. The van der Waals surface area contributed by atoms with Crippen molar-refractivity contribution >= 4 is 5.97 Å². The van der Waals surface area contributed by atoms with Gasteiger partial charge in [-0.15, -0.1) is 0 Å². The molecule has 104 valence electrons. The van der Waals surface area contributed by atoms with Crippen molar-refractivity contribution in [1.29, 1.82) is 0 Å². The Balaban J connectivity index is 1.69. The van der Waals surface area contributed by atoms with E-state index in [-0.39, 0.29) is 17.8 Å². The van der Waals surface area contributed by atoms with Crippen molar-refractivity contribution in [2.24, 2.45) is 5.92 Å². The maximum absolute atomic E-state index is 12.1. The third kappa shape index (κ3) is 2.41. The van der Waals surface area contributed by atoms with Crippen LogP contribution in [-0.2, 0) is 4.79 Å². The Morgan fingerprint density at radius 2 is 2.15 bits per heavy atom. The first-order chi connectivity index (χ1) is 9.69. The van der Waals surface area contributed by atoms with Crippen molar-refractivity contribution < 1.29 is 18.7 Å². The third-order valence-electron chi connectivity index (χ3n) is 3.53. The summed E-state index contributed by atoms with van der Waals surface area (Å²) in [5, 5.41) is 0. The van der Waals surface area contributed by atoms with Crippen LogP contribution in [0.15, 0.2) is 41.0 Å². The molecule has 0 radical (unpaired) electrons. The minimum Gasteiger partial charge on any atom is -0.493 e. The van der Waals surface area contributed by atoms with Gasteiger partial charge in [-0.3, -0.25) is 4.79 Å². The van der Waals surface area contributed by atoms with E-state index >= 15 is 0 Å². The molecular weight excluding hydrogens is 256 g/mol. The van der Waals surface area contributed by atoms with Gasteiger partial charge in [0.2, 0.25) is 0 Å². The summed E-state index contributed by atoms with van der Waals surface area (Å²) in [6.45, 7) is 1.96. The average Bonchev–Trinajstić information content (AvgIpc) is 3.07. The molecule has 0 saturated heterocycles. The van der Waals surface area contributed by atoms with Crippen LogP contribution in [-0.4, -0.2) is 13.1 Å². The standard InChI is InChI=1S/C16H16O4/c1-10-5-6-14(15(8-10)18-2)20-16(17)12-9-11(12)13-4-3-7-19-13/h3-8,11-12H,9H2,1-2H3. The van der Waals surface area contributed by atoms with Crippen molar-refractivity contribution in [2.75, 3.05) is 7.11 Å². The van der Waals surface area contributed by atoms with Crippen molar-refractivity contribution in [3.8, 4) is 11.5 Å².